The van der Waals surface area contributed by atoms with Crippen molar-refractivity contribution in [3.05, 3.63) is 107 Å². The maximum absolute atomic E-state index is 13.3. The minimum Gasteiger partial charge on any atom is -0.488 e. The Labute approximate surface area is 200 Å². The van der Waals surface area contributed by atoms with Gasteiger partial charge in [0.15, 0.2) is 0 Å². The molecule has 5 nitrogen and oxygen atoms in total. The van der Waals surface area contributed by atoms with Gasteiger partial charge in [0.2, 0.25) is 0 Å². The summed E-state index contributed by atoms with van der Waals surface area (Å²) >= 11 is 0. The van der Waals surface area contributed by atoms with Gasteiger partial charge in [0, 0.05) is 37.5 Å². The molecule has 0 N–H and O–H groups in total. The summed E-state index contributed by atoms with van der Waals surface area (Å²) in [5, 5.41) is 4.19. The van der Waals surface area contributed by atoms with Gasteiger partial charge in [-0.15, -0.1) is 0 Å². The van der Waals surface area contributed by atoms with Gasteiger partial charge in [0.05, 0.1) is 17.3 Å². The molecule has 0 saturated carbocycles. The number of benzene rings is 3. The van der Waals surface area contributed by atoms with Crippen LogP contribution in [0, 0.1) is 0 Å². The van der Waals surface area contributed by atoms with E-state index in [2.05, 4.69) is 5.10 Å². The minimum absolute atomic E-state index is 0.0219. The van der Waals surface area contributed by atoms with E-state index >= 15 is 0 Å². The smallest absolute Gasteiger partial charge is 0.416 e. The zero-order chi connectivity index (χ0) is 24.6. The van der Waals surface area contributed by atoms with Crippen LogP contribution in [0.2, 0.25) is 0 Å². The first kappa shape index (κ1) is 22.7. The summed E-state index contributed by atoms with van der Waals surface area (Å²) in [7, 11) is 1.86. The quantitative estimate of drug-likeness (QED) is 0.351. The second-order valence-electron chi connectivity index (χ2n) is 8.49. The predicted molar refractivity (Wildman–Crippen MR) is 124 cm³/mol. The molecule has 35 heavy (non-hydrogen) atoms. The summed E-state index contributed by atoms with van der Waals surface area (Å²) in [6.45, 7) is 0.543. The van der Waals surface area contributed by atoms with E-state index < -0.39 is 11.7 Å². The van der Waals surface area contributed by atoms with Gasteiger partial charge in [-0.2, -0.15) is 18.3 Å². The number of nitrogens with zero attached hydrogens (tertiary/aromatic N) is 3. The number of aromatic nitrogens is 2. The average molecular weight is 477 g/mol. The number of aryl methyl sites for hydroxylation is 1. The lowest BCUT2D eigenvalue weighted by Gasteiger charge is -2.16. The van der Waals surface area contributed by atoms with Crippen molar-refractivity contribution in [1.82, 2.24) is 14.7 Å². The van der Waals surface area contributed by atoms with Crippen LogP contribution in [0.4, 0.5) is 13.2 Å². The maximum Gasteiger partial charge on any atom is 0.416 e. The Morgan fingerprint density at radius 3 is 2.46 bits per heavy atom. The molecule has 5 rings (SSSR count). The number of amides is 1. The van der Waals surface area contributed by atoms with E-state index in [4.69, 9.17) is 4.74 Å². The van der Waals surface area contributed by atoms with Gasteiger partial charge in [-0.3, -0.25) is 9.48 Å². The molecule has 2 heterocycles. The summed E-state index contributed by atoms with van der Waals surface area (Å²) in [5.41, 5.74) is 3.50. The zero-order valence-electron chi connectivity index (χ0n) is 18.9. The van der Waals surface area contributed by atoms with Crippen LogP contribution in [-0.2, 0) is 32.9 Å². The molecule has 1 amide bonds. The van der Waals surface area contributed by atoms with Gasteiger partial charge in [-0.25, -0.2) is 0 Å². The van der Waals surface area contributed by atoms with Crippen molar-refractivity contribution in [2.45, 2.75) is 25.9 Å². The first-order valence-corrected chi connectivity index (χ1v) is 11.1. The molecule has 0 bridgehead atoms. The normalized spacial score (nSPS) is 13.3. The number of carbonyl (C=O) groups is 1. The highest BCUT2D eigenvalue weighted by molar-refractivity contribution is 6.01. The van der Waals surface area contributed by atoms with Crippen molar-refractivity contribution >= 4 is 5.91 Å². The molecule has 178 valence electrons. The highest BCUT2D eigenvalue weighted by Crippen LogP contribution is 2.35. The number of fused-ring (bicyclic) bond motifs is 1. The van der Waals surface area contributed by atoms with Crippen molar-refractivity contribution in [2.75, 3.05) is 0 Å². The third kappa shape index (κ3) is 4.64. The van der Waals surface area contributed by atoms with Crippen LogP contribution in [0.25, 0.3) is 11.1 Å². The molecule has 0 aliphatic carbocycles. The second kappa shape index (κ2) is 8.94. The molecule has 1 aliphatic rings. The lowest BCUT2D eigenvalue weighted by molar-refractivity contribution is -0.138. The largest absolute Gasteiger partial charge is 0.488 e. The van der Waals surface area contributed by atoms with Crippen molar-refractivity contribution in [3.63, 3.8) is 0 Å². The fourth-order valence-corrected chi connectivity index (χ4v) is 4.31. The Kier molecular flexibility index (Phi) is 5.80. The number of rotatable bonds is 6. The highest BCUT2D eigenvalue weighted by Gasteiger charge is 2.34. The number of ether oxygens (including phenoxy) is 1. The predicted octanol–water partition coefficient (Wildman–Crippen LogP) is 5.84. The molecule has 4 aromatic rings. The molecular weight excluding hydrogens is 455 g/mol. The summed E-state index contributed by atoms with van der Waals surface area (Å²) in [6.07, 6.45) is -0.744. The van der Waals surface area contributed by atoms with Crippen LogP contribution in [0.3, 0.4) is 0 Å². The van der Waals surface area contributed by atoms with Gasteiger partial charge < -0.3 is 9.64 Å². The van der Waals surface area contributed by atoms with Gasteiger partial charge in [0.25, 0.3) is 5.91 Å². The number of hydrogen-bond donors (Lipinski definition) is 0. The SMILES string of the molecule is Cn1cc(-c2ccc(CN3Cc4cccc(OCc5ccccc5C(F)(F)F)c4C3=O)cc2)cn1. The molecule has 1 aliphatic heterocycles. The molecule has 3 aromatic carbocycles. The van der Waals surface area contributed by atoms with Crippen molar-refractivity contribution in [2.24, 2.45) is 7.05 Å². The van der Waals surface area contributed by atoms with Crippen LogP contribution in [-0.4, -0.2) is 20.6 Å². The average Bonchev–Trinajstić information content (AvgIpc) is 3.41. The van der Waals surface area contributed by atoms with Crippen LogP contribution in [0.1, 0.15) is 32.6 Å². The van der Waals surface area contributed by atoms with E-state index in [0.29, 0.717) is 24.4 Å². The molecule has 0 saturated heterocycles. The van der Waals surface area contributed by atoms with Crippen LogP contribution < -0.4 is 4.74 Å². The third-order valence-corrected chi connectivity index (χ3v) is 6.05. The Balaban J connectivity index is 1.31. The molecule has 0 unspecified atom stereocenters. The summed E-state index contributed by atoms with van der Waals surface area (Å²) in [5.74, 6) is 0.0925. The number of carbonyl (C=O) groups excluding carboxylic acids is 1. The van der Waals surface area contributed by atoms with Crippen molar-refractivity contribution < 1.29 is 22.7 Å². The van der Waals surface area contributed by atoms with Crippen molar-refractivity contribution in [3.8, 4) is 16.9 Å². The molecular formula is C27H22F3N3O2. The third-order valence-electron chi connectivity index (χ3n) is 6.05. The lowest BCUT2D eigenvalue weighted by Crippen LogP contribution is -2.23. The van der Waals surface area contributed by atoms with Crippen LogP contribution in [0.15, 0.2) is 79.1 Å². The fourth-order valence-electron chi connectivity index (χ4n) is 4.31. The lowest BCUT2D eigenvalue weighted by atomic mass is 10.1. The van der Waals surface area contributed by atoms with Gasteiger partial charge in [-0.1, -0.05) is 54.6 Å². The standard InChI is InChI=1S/C27H22F3N3O2/c1-32-15-22(13-31-32)19-11-9-18(10-12-19)14-33-16-20-6-4-8-24(25(20)26(33)34)35-17-21-5-2-3-7-23(21)27(28,29)30/h2-13,15H,14,16-17H2,1H3. The Hall–Kier alpha value is -4.07. The van der Waals surface area contributed by atoms with Crippen LogP contribution >= 0.6 is 0 Å². The van der Waals surface area contributed by atoms with E-state index in [-0.39, 0.29) is 18.1 Å². The molecule has 1 aromatic heterocycles. The van der Waals surface area contributed by atoms with E-state index in [0.717, 1.165) is 28.3 Å². The molecule has 0 radical (unpaired) electrons. The Bertz CT molecular complexity index is 1380. The van der Waals surface area contributed by atoms with Crippen LogP contribution in [0.5, 0.6) is 5.75 Å². The van der Waals surface area contributed by atoms with Gasteiger partial charge >= 0.3 is 6.18 Å². The minimum atomic E-state index is -4.47. The summed E-state index contributed by atoms with van der Waals surface area (Å²) in [6, 6.07) is 18.5. The molecule has 0 fully saturated rings. The number of hydrogen-bond acceptors (Lipinski definition) is 3. The Morgan fingerprint density at radius 1 is 0.971 bits per heavy atom. The fraction of sp³-hybridized carbons (Fsp3) is 0.185. The molecule has 0 spiro atoms. The first-order valence-electron chi connectivity index (χ1n) is 11.1. The monoisotopic (exact) mass is 477 g/mol. The molecule has 8 heteroatoms. The summed E-state index contributed by atoms with van der Waals surface area (Å²) < 4.78 is 47.4. The van der Waals surface area contributed by atoms with Gasteiger partial charge in [0.1, 0.15) is 12.4 Å². The number of alkyl halides is 3. The second-order valence-corrected chi connectivity index (χ2v) is 8.49. The maximum atomic E-state index is 13.3. The van der Waals surface area contributed by atoms with E-state index in [1.54, 1.807) is 27.9 Å². The van der Waals surface area contributed by atoms with Gasteiger partial charge in [-0.05, 0) is 28.8 Å². The van der Waals surface area contributed by atoms with Crippen molar-refractivity contribution in [1.29, 1.82) is 0 Å². The Morgan fingerprint density at radius 2 is 1.74 bits per heavy atom. The zero-order valence-corrected chi connectivity index (χ0v) is 18.9. The highest BCUT2D eigenvalue weighted by atomic mass is 19.4. The number of halogens is 3. The summed E-state index contributed by atoms with van der Waals surface area (Å²) in [4.78, 5) is 14.9. The molecule has 0 atom stereocenters. The van der Waals surface area contributed by atoms with E-state index in [1.807, 2.05) is 43.6 Å². The topological polar surface area (TPSA) is 47.4 Å². The van der Waals surface area contributed by atoms with E-state index in [9.17, 15) is 18.0 Å². The first-order chi connectivity index (χ1) is 16.8. The van der Waals surface area contributed by atoms with E-state index in [1.165, 1.54) is 18.2 Å².